The summed E-state index contributed by atoms with van der Waals surface area (Å²) in [6, 6.07) is 16.1. The second-order valence-electron chi connectivity index (χ2n) is 6.90. The number of alkyl halides is 3. The van der Waals surface area contributed by atoms with Crippen molar-refractivity contribution >= 4 is 23.1 Å². The molecule has 1 N–H and O–H groups in total. The van der Waals surface area contributed by atoms with Crippen molar-refractivity contribution in [1.29, 1.82) is 0 Å². The Morgan fingerprint density at radius 1 is 1.00 bits per heavy atom. The van der Waals surface area contributed by atoms with Crippen LogP contribution in [0.1, 0.15) is 18.4 Å². The Balaban J connectivity index is 1.73. The lowest BCUT2D eigenvalue weighted by Crippen LogP contribution is -2.43. The largest absolute Gasteiger partial charge is 0.417 e. The Morgan fingerprint density at radius 3 is 2.24 bits per heavy atom. The van der Waals surface area contributed by atoms with E-state index in [9.17, 15) is 22.8 Å². The Morgan fingerprint density at radius 2 is 1.62 bits per heavy atom. The third-order valence-corrected chi connectivity index (χ3v) is 4.80. The summed E-state index contributed by atoms with van der Waals surface area (Å²) < 4.78 is 40.4. The van der Waals surface area contributed by atoms with Crippen LogP contribution in [-0.4, -0.2) is 36.0 Å². The average Bonchev–Trinajstić information content (AvgIpc) is 2.72. The second kappa shape index (κ2) is 8.94. The van der Waals surface area contributed by atoms with Crippen molar-refractivity contribution in [2.45, 2.75) is 19.0 Å². The van der Waals surface area contributed by atoms with E-state index in [1.807, 2.05) is 6.07 Å². The van der Waals surface area contributed by atoms with E-state index >= 15 is 0 Å². The van der Waals surface area contributed by atoms with E-state index in [1.54, 1.807) is 30.3 Å². The van der Waals surface area contributed by atoms with Gasteiger partial charge in [0.25, 0.3) is 0 Å². The molecule has 29 heavy (non-hydrogen) atoms. The van der Waals surface area contributed by atoms with E-state index in [0.29, 0.717) is 31.1 Å². The topological polar surface area (TPSA) is 49.4 Å². The first kappa shape index (κ1) is 20.6. The van der Waals surface area contributed by atoms with Crippen molar-refractivity contribution < 1.29 is 22.8 Å². The molecular weight excluding hydrogens is 381 g/mol. The van der Waals surface area contributed by atoms with Crippen molar-refractivity contribution in [3.05, 3.63) is 72.3 Å². The number of carbonyl (C=O) groups excluding carboxylic acids is 2. The number of hydrogen-bond donors (Lipinski definition) is 1. The van der Waals surface area contributed by atoms with Crippen LogP contribution in [0, 0.1) is 5.92 Å². The fraction of sp³-hybridized carbons (Fsp3) is 0.273. The molecule has 1 atom stereocenters. The summed E-state index contributed by atoms with van der Waals surface area (Å²) in [5.74, 6) is -1.44. The molecule has 1 unspecified atom stereocenters. The molecule has 152 valence electrons. The van der Waals surface area contributed by atoms with Crippen molar-refractivity contribution in [2.24, 2.45) is 5.92 Å². The summed E-state index contributed by atoms with van der Waals surface area (Å²) in [6.07, 6.45) is -2.89. The van der Waals surface area contributed by atoms with Gasteiger partial charge in [0.1, 0.15) is 0 Å². The van der Waals surface area contributed by atoms with Crippen LogP contribution >= 0.6 is 0 Å². The molecule has 1 saturated heterocycles. The van der Waals surface area contributed by atoms with Gasteiger partial charge in [-0.25, -0.2) is 0 Å². The number of hydrogen-bond acceptors (Lipinski definition) is 2. The monoisotopic (exact) mass is 402 g/mol. The van der Waals surface area contributed by atoms with Gasteiger partial charge in [-0.15, -0.1) is 0 Å². The summed E-state index contributed by atoms with van der Waals surface area (Å²) in [5.41, 5.74) is -0.410. The van der Waals surface area contributed by atoms with E-state index in [2.05, 4.69) is 5.32 Å². The number of halogens is 3. The number of allylic oxidation sites excluding steroid dienone is 1. The number of likely N-dealkylation sites (tertiary alicyclic amines) is 1. The fourth-order valence-electron chi connectivity index (χ4n) is 3.32. The van der Waals surface area contributed by atoms with Gasteiger partial charge < -0.3 is 10.2 Å². The fourth-order valence-corrected chi connectivity index (χ4v) is 3.32. The highest BCUT2D eigenvalue weighted by Crippen LogP contribution is 2.34. The predicted octanol–water partition coefficient (Wildman–Crippen LogP) is 4.51. The molecule has 2 aromatic rings. The first-order chi connectivity index (χ1) is 13.8. The normalized spacial score (nSPS) is 17.7. The van der Waals surface area contributed by atoms with Crippen LogP contribution in [0.15, 0.2) is 66.7 Å². The van der Waals surface area contributed by atoms with Crippen molar-refractivity contribution in [2.75, 3.05) is 18.4 Å². The summed E-state index contributed by atoms with van der Waals surface area (Å²) >= 11 is 0. The third-order valence-electron chi connectivity index (χ3n) is 4.80. The van der Waals surface area contributed by atoms with E-state index < -0.39 is 23.6 Å². The van der Waals surface area contributed by atoms with E-state index in [0.717, 1.165) is 0 Å². The van der Waals surface area contributed by atoms with Gasteiger partial charge in [-0.05, 0) is 30.5 Å². The quantitative estimate of drug-likeness (QED) is 0.765. The lowest BCUT2D eigenvalue weighted by molar-refractivity contribution is -0.130. The Kier molecular flexibility index (Phi) is 6.36. The van der Waals surface area contributed by atoms with Gasteiger partial charge in [-0.1, -0.05) is 48.5 Å². The first-order valence-electron chi connectivity index (χ1n) is 9.34. The van der Waals surface area contributed by atoms with Gasteiger partial charge in [0, 0.05) is 24.9 Å². The smallest absolute Gasteiger partial charge is 0.338 e. The second-order valence-corrected chi connectivity index (χ2v) is 6.90. The lowest BCUT2D eigenvalue weighted by atomic mass is 9.96. The third kappa shape index (κ3) is 5.47. The average molecular weight is 402 g/mol. The highest BCUT2D eigenvalue weighted by molar-refractivity contribution is 5.97. The number of benzene rings is 2. The van der Waals surface area contributed by atoms with Gasteiger partial charge in [-0.2, -0.15) is 13.2 Å². The number of nitrogens with one attached hydrogen (secondary N) is 1. The Labute approximate surface area is 167 Å². The zero-order valence-electron chi connectivity index (χ0n) is 15.7. The minimum absolute atomic E-state index is 0.0660. The van der Waals surface area contributed by atoms with Gasteiger partial charge >= 0.3 is 6.18 Å². The molecule has 3 rings (SSSR count). The number of para-hydroxylation sites is 1. The molecule has 0 aromatic heterocycles. The summed E-state index contributed by atoms with van der Waals surface area (Å²) in [7, 11) is 0. The zero-order valence-corrected chi connectivity index (χ0v) is 15.7. The maximum Gasteiger partial charge on any atom is 0.417 e. The summed E-state index contributed by atoms with van der Waals surface area (Å²) in [6.45, 7) is 0.415. The standard InChI is InChI=1S/C22H21F3N2O2/c23-22(24,25)19(16-8-3-1-4-9-16)14-20(28)27-13-7-10-17(15-27)21(29)26-18-11-5-2-6-12-18/h1-6,8-9,11-12,14,17H,7,10,13,15H2,(H,26,29)/b19-14+. The summed E-state index contributed by atoms with van der Waals surface area (Å²) in [5, 5.41) is 2.79. The maximum absolute atomic E-state index is 13.5. The molecule has 0 radical (unpaired) electrons. The number of anilines is 1. The molecule has 0 aliphatic carbocycles. The SMILES string of the molecule is O=C(Nc1ccccc1)C1CCCN(C(=O)/C=C(\c2ccccc2)C(F)(F)F)C1. The molecule has 1 heterocycles. The Bertz CT molecular complexity index is 880. The maximum atomic E-state index is 13.5. The van der Waals surface area contributed by atoms with Gasteiger partial charge in [-0.3, -0.25) is 9.59 Å². The van der Waals surface area contributed by atoms with Gasteiger partial charge in [0.15, 0.2) is 0 Å². The molecule has 0 spiro atoms. The van der Waals surface area contributed by atoms with Crippen LogP contribution in [0.2, 0.25) is 0 Å². The van der Waals surface area contributed by atoms with Crippen molar-refractivity contribution in [3.63, 3.8) is 0 Å². The molecule has 2 amide bonds. The van der Waals surface area contributed by atoms with Crippen LogP contribution in [0.5, 0.6) is 0 Å². The van der Waals surface area contributed by atoms with Crippen LogP contribution in [0.3, 0.4) is 0 Å². The molecular formula is C22H21F3N2O2. The zero-order chi connectivity index (χ0) is 20.9. The van der Waals surface area contributed by atoms with Gasteiger partial charge in [0.05, 0.1) is 11.5 Å². The lowest BCUT2D eigenvalue weighted by Gasteiger charge is -2.31. The van der Waals surface area contributed by atoms with Crippen LogP contribution < -0.4 is 5.32 Å². The number of amides is 2. The molecule has 1 aliphatic heterocycles. The highest BCUT2D eigenvalue weighted by atomic mass is 19.4. The molecule has 1 aliphatic rings. The number of nitrogens with zero attached hydrogens (tertiary/aromatic N) is 1. The van der Waals surface area contributed by atoms with Crippen LogP contribution in [-0.2, 0) is 9.59 Å². The molecule has 0 saturated carbocycles. The first-order valence-corrected chi connectivity index (χ1v) is 9.34. The van der Waals surface area contributed by atoms with E-state index in [4.69, 9.17) is 0 Å². The predicted molar refractivity (Wildman–Crippen MR) is 105 cm³/mol. The molecule has 7 heteroatoms. The number of rotatable bonds is 4. The highest BCUT2D eigenvalue weighted by Gasteiger charge is 2.36. The molecule has 4 nitrogen and oxygen atoms in total. The van der Waals surface area contributed by atoms with E-state index in [-0.39, 0.29) is 18.0 Å². The molecule has 2 aromatic carbocycles. The minimum Gasteiger partial charge on any atom is -0.338 e. The summed E-state index contributed by atoms with van der Waals surface area (Å²) in [4.78, 5) is 26.4. The van der Waals surface area contributed by atoms with Crippen LogP contribution in [0.25, 0.3) is 5.57 Å². The minimum atomic E-state index is -4.66. The molecule has 0 bridgehead atoms. The van der Waals surface area contributed by atoms with Crippen LogP contribution in [0.4, 0.5) is 18.9 Å². The number of piperidine rings is 1. The Hall–Kier alpha value is -3.09. The van der Waals surface area contributed by atoms with Crippen molar-refractivity contribution in [3.8, 4) is 0 Å². The van der Waals surface area contributed by atoms with Crippen molar-refractivity contribution in [1.82, 2.24) is 4.90 Å². The van der Waals surface area contributed by atoms with Gasteiger partial charge in [0.2, 0.25) is 11.8 Å². The van der Waals surface area contributed by atoms with E-state index in [1.165, 1.54) is 29.2 Å². The molecule has 1 fully saturated rings. The number of carbonyl (C=O) groups is 2.